The van der Waals surface area contributed by atoms with E-state index in [4.69, 9.17) is 9.26 Å². The van der Waals surface area contributed by atoms with Crippen molar-refractivity contribution in [3.05, 3.63) is 40.8 Å². The van der Waals surface area contributed by atoms with Crippen LogP contribution in [0.15, 0.2) is 22.7 Å². The quantitative estimate of drug-likeness (QED) is 0.868. The van der Waals surface area contributed by atoms with Gasteiger partial charge in [0.1, 0.15) is 5.76 Å². The number of para-hydroxylation sites is 1. The molecular weight excluding hydrogens is 304 g/mol. The molecule has 1 aromatic heterocycles. The molecule has 5 nitrogen and oxygen atoms in total. The normalized spacial score (nSPS) is 18.2. The lowest BCUT2D eigenvalue weighted by Crippen LogP contribution is -2.23. The van der Waals surface area contributed by atoms with Crippen molar-refractivity contribution in [2.75, 3.05) is 13.2 Å². The van der Waals surface area contributed by atoms with E-state index in [-0.39, 0.29) is 5.75 Å². The average Bonchev–Trinajstić information content (AvgIpc) is 3.17. The van der Waals surface area contributed by atoms with Crippen LogP contribution in [0.3, 0.4) is 0 Å². The average molecular weight is 330 g/mol. The van der Waals surface area contributed by atoms with E-state index in [9.17, 15) is 5.11 Å². The first kappa shape index (κ1) is 16.8. The highest BCUT2D eigenvalue weighted by Gasteiger charge is 2.31. The fourth-order valence-corrected chi connectivity index (χ4v) is 3.63. The maximum absolute atomic E-state index is 10.5. The summed E-state index contributed by atoms with van der Waals surface area (Å²) in [6.45, 7) is 8.29. The van der Waals surface area contributed by atoms with Crippen molar-refractivity contribution < 1.29 is 14.4 Å². The number of aromatic nitrogens is 1. The van der Waals surface area contributed by atoms with Gasteiger partial charge >= 0.3 is 0 Å². The van der Waals surface area contributed by atoms with Gasteiger partial charge in [0.2, 0.25) is 0 Å². The van der Waals surface area contributed by atoms with E-state index >= 15 is 0 Å². The number of likely N-dealkylation sites (tertiary alicyclic amines) is 1. The van der Waals surface area contributed by atoms with Gasteiger partial charge in [-0.1, -0.05) is 24.2 Å². The minimum atomic E-state index is 0.253. The van der Waals surface area contributed by atoms with Crippen molar-refractivity contribution in [2.24, 2.45) is 0 Å². The van der Waals surface area contributed by atoms with Gasteiger partial charge in [-0.15, -0.1) is 0 Å². The molecule has 0 bridgehead atoms. The Morgan fingerprint density at radius 2 is 2.21 bits per heavy atom. The highest BCUT2D eigenvalue weighted by molar-refractivity contribution is 5.45. The number of aryl methyl sites for hydroxylation is 2. The fourth-order valence-electron chi connectivity index (χ4n) is 3.63. The first-order valence-corrected chi connectivity index (χ1v) is 8.78. The summed E-state index contributed by atoms with van der Waals surface area (Å²) in [5.74, 6) is 1.79. The zero-order valence-electron chi connectivity index (χ0n) is 14.7. The summed E-state index contributed by atoms with van der Waals surface area (Å²) in [6, 6.07) is 6.02. The van der Waals surface area contributed by atoms with Crippen LogP contribution in [0, 0.1) is 6.92 Å². The van der Waals surface area contributed by atoms with E-state index in [1.54, 1.807) is 0 Å². The van der Waals surface area contributed by atoms with E-state index < -0.39 is 0 Å². The van der Waals surface area contributed by atoms with Crippen LogP contribution in [0.2, 0.25) is 0 Å². The van der Waals surface area contributed by atoms with Gasteiger partial charge in [-0.25, -0.2) is 0 Å². The van der Waals surface area contributed by atoms with Gasteiger partial charge in [0.05, 0.1) is 12.3 Å². The summed E-state index contributed by atoms with van der Waals surface area (Å²) in [4.78, 5) is 2.41. The molecule has 0 saturated carbocycles. The van der Waals surface area contributed by atoms with E-state index in [1.165, 1.54) is 5.56 Å². The Kier molecular flexibility index (Phi) is 5.09. The van der Waals surface area contributed by atoms with Gasteiger partial charge in [0.15, 0.2) is 11.5 Å². The maximum Gasteiger partial charge on any atom is 0.162 e. The van der Waals surface area contributed by atoms with Crippen LogP contribution < -0.4 is 4.74 Å². The van der Waals surface area contributed by atoms with Gasteiger partial charge in [0, 0.05) is 30.1 Å². The number of hydrogen-bond donors (Lipinski definition) is 1. The number of hydrogen-bond acceptors (Lipinski definition) is 5. The zero-order chi connectivity index (χ0) is 17.1. The second kappa shape index (κ2) is 7.26. The number of ether oxygens (including phenoxy) is 1. The minimum absolute atomic E-state index is 0.253. The summed E-state index contributed by atoms with van der Waals surface area (Å²) in [5.41, 5.74) is 3.12. The van der Waals surface area contributed by atoms with Crippen molar-refractivity contribution in [1.29, 1.82) is 0 Å². The molecule has 1 saturated heterocycles. The van der Waals surface area contributed by atoms with Crippen molar-refractivity contribution in [3.63, 3.8) is 0 Å². The second-order valence-electron chi connectivity index (χ2n) is 6.28. The van der Waals surface area contributed by atoms with E-state index in [1.807, 2.05) is 32.0 Å². The van der Waals surface area contributed by atoms with Gasteiger partial charge in [-0.05, 0) is 39.3 Å². The molecule has 0 spiro atoms. The lowest BCUT2D eigenvalue weighted by atomic mass is 10.0. The summed E-state index contributed by atoms with van der Waals surface area (Å²) in [7, 11) is 0. The molecule has 1 aliphatic heterocycles. The van der Waals surface area contributed by atoms with Gasteiger partial charge in [-0.3, -0.25) is 4.90 Å². The molecule has 1 aromatic carbocycles. The van der Waals surface area contributed by atoms with Crippen molar-refractivity contribution >= 4 is 0 Å². The van der Waals surface area contributed by atoms with Crippen LogP contribution in [0.4, 0.5) is 0 Å². The number of nitrogens with zero attached hydrogens (tertiary/aromatic N) is 2. The van der Waals surface area contributed by atoms with E-state index in [0.717, 1.165) is 42.8 Å². The lowest BCUT2D eigenvalue weighted by molar-refractivity contribution is 0.240. The molecule has 0 aliphatic carbocycles. The van der Waals surface area contributed by atoms with Crippen LogP contribution in [-0.2, 0) is 13.0 Å². The topological polar surface area (TPSA) is 58.7 Å². The molecule has 0 radical (unpaired) electrons. The smallest absolute Gasteiger partial charge is 0.162 e. The molecule has 1 unspecified atom stereocenters. The fraction of sp³-hybridized carbons (Fsp3) is 0.526. The van der Waals surface area contributed by atoms with Gasteiger partial charge in [-0.2, -0.15) is 0 Å². The molecule has 1 aliphatic rings. The molecule has 0 amide bonds. The Labute approximate surface area is 143 Å². The SMILES string of the molecule is CCOc1cccc(CN2CCCC2c2c(C)noc2CC)c1O. The predicted octanol–water partition coefficient (Wildman–Crippen LogP) is 3.99. The number of aromatic hydroxyl groups is 1. The third kappa shape index (κ3) is 3.13. The first-order valence-electron chi connectivity index (χ1n) is 8.78. The Morgan fingerprint density at radius 3 is 2.96 bits per heavy atom. The third-order valence-electron chi connectivity index (χ3n) is 4.76. The summed E-state index contributed by atoms with van der Waals surface area (Å²) >= 11 is 0. The third-order valence-corrected chi connectivity index (χ3v) is 4.76. The Morgan fingerprint density at radius 1 is 1.38 bits per heavy atom. The highest BCUT2D eigenvalue weighted by atomic mass is 16.5. The Hall–Kier alpha value is -2.01. The predicted molar refractivity (Wildman–Crippen MR) is 92.3 cm³/mol. The van der Waals surface area contributed by atoms with Crippen LogP contribution in [0.1, 0.15) is 55.3 Å². The molecular formula is C19H26N2O3. The van der Waals surface area contributed by atoms with Crippen LogP contribution >= 0.6 is 0 Å². The standard InChI is InChI=1S/C19H26N2O3/c1-4-16-18(13(3)20-24-16)15-9-7-11-21(15)12-14-8-6-10-17(19(14)22)23-5-2/h6,8,10,15,22H,4-5,7,9,11-12H2,1-3H3. The summed E-state index contributed by atoms with van der Waals surface area (Å²) < 4.78 is 11.0. The van der Waals surface area contributed by atoms with E-state index in [0.29, 0.717) is 24.9 Å². The number of benzene rings is 1. The number of phenols is 1. The molecule has 3 rings (SSSR count). The molecule has 2 aromatic rings. The van der Waals surface area contributed by atoms with Crippen molar-refractivity contribution in [2.45, 2.75) is 52.6 Å². The monoisotopic (exact) mass is 330 g/mol. The summed E-state index contributed by atoms with van der Waals surface area (Å²) in [5, 5.41) is 14.6. The lowest BCUT2D eigenvalue weighted by Gasteiger charge is -2.25. The molecule has 1 fully saturated rings. The van der Waals surface area contributed by atoms with Crippen LogP contribution in [-0.4, -0.2) is 28.3 Å². The summed E-state index contributed by atoms with van der Waals surface area (Å²) in [6.07, 6.45) is 3.09. The first-order chi connectivity index (χ1) is 11.7. The van der Waals surface area contributed by atoms with Crippen molar-refractivity contribution in [1.82, 2.24) is 10.1 Å². The zero-order valence-corrected chi connectivity index (χ0v) is 14.7. The number of rotatable bonds is 6. The number of phenolic OH excluding ortho intramolecular Hbond substituents is 1. The Balaban J connectivity index is 1.85. The largest absolute Gasteiger partial charge is 0.504 e. The van der Waals surface area contributed by atoms with Crippen LogP contribution in [0.5, 0.6) is 11.5 Å². The van der Waals surface area contributed by atoms with Gasteiger partial charge < -0.3 is 14.4 Å². The maximum atomic E-state index is 10.5. The molecule has 130 valence electrons. The second-order valence-corrected chi connectivity index (χ2v) is 6.28. The molecule has 1 atom stereocenters. The van der Waals surface area contributed by atoms with Gasteiger partial charge in [0.25, 0.3) is 0 Å². The molecule has 2 heterocycles. The highest BCUT2D eigenvalue weighted by Crippen LogP contribution is 2.39. The molecule has 24 heavy (non-hydrogen) atoms. The Bertz CT molecular complexity index is 696. The van der Waals surface area contributed by atoms with Crippen LogP contribution in [0.25, 0.3) is 0 Å². The minimum Gasteiger partial charge on any atom is -0.504 e. The molecule has 1 N–H and O–H groups in total. The van der Waals surface area contributed by atoms with E-state index in [2.05, 4.69) is 17.0 Å². The van der Waals surface area contributed by atoms with Crippen molar-refractivity contribution in [3.8, 4) is 11.5 Å². The molecule has 5 heteroatoms.